The number of carboxylic acids is 1. The average Bonchev–Trinajstić information content (AvgIpc) is 2.97. The quantitative estimate of drug-likeness (QED) is 0.802. The van der Waals surface area contributed by atoms with Crippen LogP contribution >= 0.6 is 0 Å². The molecule has 3 aromatic rings. The van der Waals surface area contributed by atoms with E-state index in [9.17, 15) is 9.18 Å². The predicted octanol–water partition coefficient (Wildman–Crippen LogP) is 2.77. The summed E-state index contributed by atoms with van der Waals surface area (Å²) >= 11 is 0. The minimum Gasteiger partial charge on any atom is -0.478 e. The molecule has 3 rings (SSSR count). The van der Waals surface area contributed by atoms with Crippen molar-refractivity contribution in [2.45, 2.75) is 0 Å². The van der Waals surface area contributed by atoms with E-state index >= 15 is 0 Å². The first kappa shape index (κ1) is 13.0. The summed E-state index contributed by atoms with van der Waals surface area (Å²) in [7, 11) is 0. The fraction of sp³-hybridized carbons (Fsp3) is 0. The van der Waals surface area contributed by atoms with Gasteiger partial charge in [0.2, 0.25) is 0 Å². The normalized spacial score (nSPS) is 10.5. The van der Waals surface area contributed by atoms with Crippen LogP contribution in [0, 0.1) is 5.82 Å². The van der Waals surface area contributed by atoms with E-state index < -0.39 is 5.97 Å². The molecule has 0 unspecified atom stereocenters. The molecule has 5 nitrogen and oxygen atoms in total. The zero-order chi connectivity index (χ0) is 14.8. The van der Waals surface area contributed by atoms with Crippen LogP contribution in [0.25, 0.3) is 16.9 Å². The topological polar surface area (TPSA) is 68.0 Å². The number of nitrogens with zero attached hydrogens (tertiary/aromatic N) is 3. The van der Waals surface area contributed by atoms with Crippen LogP contribution in [0.3, 0.4) is 0 Å². The molecule has 0 aliphatic carbocycles. The van der Waals surface area contributed by atoms with Gasteiger partial charge in [0, 0.05) is 5.56 Å². The molecule has 1 aromatic heterocycles. The summed E-state index contributed by atoms with van der Waals surface area (Å²) in [5.41, 5.74) is 2.04. The monoisotopic (exact) mass is 283 g/mol. The van der Waals surface area contributed by atoms with E-state index in [1.165, 1.54) is 28.9 Å². The van der Waals surface area contributed by atoms with E-state index in [0.29, 0.717) is 16.9 Å². The van der Waals surface area contributed by atoms with Crippen molar-refractivity contribution in [3.63, 3.8) is 0 Å². The van der Waals surface area contributed by atoms with Crippen molar-refractivity contribution in [1.29, 1.82) is 0 Å². The van der Waals surface area contributed by atoms with Crippen molar-refractivity contribution in [3.8, 4) is 16.9 Å². The van der Waals surface area contributed by atoms with Crippen LogP contribution in [0.5, 0.6) is 0 Å². The lowest BCUT2D eigenvalue weighted by Gasteiger charge is -2.00. The second-order valence-corrected chi connectivity index (χ2v) is 4.41. The van der Waals surface area contributed by atoms with E-state index in [4.69, 9.17) is 5.11 Å². The molecule has 0 spiro atoms. The molecule has 0 amide bonds. The van der Waals surface area contributed by atoms with Crippen LogP contribution in [0.15, 0.2) is 54.7 Å². The van der Waals surface area contributed by atoms with Gasteiger partial charge in [-0.1, -0.05) is 17.3 Å². The highest BCUT2D eigenvalue weighted by atomic mass is 19.1. The molecule has 21 heavy (non-hydrogen) atoms. The molecule has 0 saturated carbocycles. The highest BCUT2D eigenvalue weighted by Gasteiger charge is 2.07. The van der Waals surface area contributed by atoms with Crippen molar-refractivity contribution < 1.29 is 14.3 Å². The largest absolute Gasteiger partial charge is 0.478 e. The maximum absolute atomic E-state index is 13.2. The molecular weight excluding hydrogens is 273 g/mol. The molecule has 0 aliphatic rings. The number of rotatable bonds is 3. The zero-order valence-electron chi connectivity index (χ0n) is 10.8. The molecule has 0 aliphatic heterocycles. The predicted molar refractivity (Wildman–Crippen MR) is 73.7 cm³/mol. The SMILES string of the molecule is O=C(O)c1ccc(-n2cc(-c3cccc(F)c3)nn2)cc1. The van der Waals surface area contributed by atoms with Crippen LogP contribution in [0.1, 0.15) is 10.4 Å². The third-order valence-electron chi connectivity index (χ3n) is 2.99. The third kappa shape index (κ3) is 2.64. The van der Waals surface area contributed by atoms with E-state index in [-0.39, 0.29) is 11.4 Å². The highest BCUT2D eigenvalue weighted by molar-refractivity contribution is 5.87. The Hall–Kier alpha value is -3.02. The first-order chi connectivity index (χ1) is 10.1. The minimum absolute atomic E-state index is 0.198. The molecule has 0 fully saturated rings. The van der Waals surface area contributed by atoms with Crippen molar-refractivity contribution in [1.82, 2.24) is 15.0 Å². The van der Waals surface area contributed by atoms with Gasteiger partial charge in [0.25, 0.3) is 0 Å². The Bertz CT molecular complexity index is 797. The van der Waals surface area contributed by atoms with Gasteiger partial charge in [-0.3, -0.25) is 0 Å². The van der Waals surface area contributed by atoms with E-state index in [1.54, 1.807) is 30.5 Å². The van der Waals surface area contributed by atoms with Gasteiger partial charge in [0.1, 0.15) is 11.5 Å². The lowest BCUT2D eigenvalue weighted by molar-refractivity contribution is 0.0697. The summed E-state index contributed by atoms with van der Waals surface area (Å²) in [5, 5.41) is 16.8. The summed E-state index contributed by atoms with van der Waals surface area (Å²) in [5.74, 6) is -1.33. The van der Waals surface area contributed by atoms with Gasteiger partial charge < -0.3 is 5.11 Å². The van der Waals surface area contributed by atoms with E-state index in [2.05, 4.69) is 10.3 Å². The van der Waals surface area contributed by atoms with Gasteiger partial charge >= 0.3 is 5.97 Å². The van der Waals surface area contributed by atoms with Crippen molar-refractivity contribution in [3.05, 3.63) is 66.1 Å². The summed E-state index contributed by atoms with van der Waals surface area (Å²) in [6, 6.07) is 12.3. The highest BCUT2D eigenvalue weighted by Crippen LogP contribution is 2.18. The third-order valence-corrected chi connectivity index (χ3v) is 2.99. The van der Waals surface area contributed by atoms with Crippen LogP contribution in [-0.2, 0) is 0 Å². The Morgan fingerprint density at radius 1 is 1.14 bits per heavy atom. The van der Waals surface area contributed by atoms with Crippen LogP contribution in [0.4, 0.5) is 4.39 Å². The fourth-order valence-electron chi connectivity index (χ4n) is 1.93. The van der Waals surface area contributed by atoms with Crippen LogP contribution in [0.2, 0.25) is 0 Å². The molecule has 6 heteroatoms. The van der Waals surface area contributed by atoms with Gasteiger partial charge in [0.15, 0.2) is 0 Å². The number of carboxylic acid groups (broad SMARTS) is 1. The van der Waals surface area contributed by atoms with E-state index in [0.717, 1.165) is 0 Å². The van der Waals surface area contributed by atoms with E-state index in [1.807, 2.05) is 0 Å². The molecule has 104 valence electrons. The summed E-state index contributed by atoms with van der Waals surface area (Å²) < 4.78 is 14.7. The summed E-state index contributed by atoms with van der Waals surface area (Å²) in [6.45, 7) is 0. The van der Waals surface area contributed by atoms with Crippen molar-refractivity contribution >= 4 is 5.97 Å². The molecule has 0 atom stereocenters. The Morgan fingerprint density at radius 3 is 2.57 bits per heavy atom. The number of halogens is 1. The van der Waals surface area contributed by atoms with Gasteiger partial charge in [-0.05, 0) is 36.4 Å². The summed E-state index contributed by atoms with van der Waals surface area (Å²) in [6.07, 6.45) is 1.66. The van der Waals surface area contributed by atoms with Crippen molar-refractivity contribution in [2.75, 3.05) is 0 Å². The lowest BCUT2D eigenvalue weighted by Crippen LogP contribution is -1.98. The molecule has 1 N–H and O–H groups in total. The second kappa shape index (κ2) is 5.16. The first-order valence-corrected chi connectivity index (χ1v) is 6.15. The molecule has 2 aromatic carbocycles. The number of aromatic carboxylic acids is 1. The Kier molecular flexibility index (Phi) is 3.19. The standard InChI is InChI=1S/C15H10FN3O2/c16-12-3-1-2-11(8-12)14-9-19(18-17-14)13-6-4-10(5-7-13)15(20)21/h1-9H,(H,20,21). The maximum atomic E-state index is 13.2. The first-order valence-electron chi connectivity index (χ1n) is 6.15. The maximum Gasteiger partial charge on any atom is 0.335 e. The lowest BCUT2D eigenvalue weighted by atomic mass is 10.1. The van der Waals surface area contributed by atoms with Gasteiger partial charge in [0.05, 0.1) is 17.4 Å². The Balaban J connectivity index is 1.93. The van der Waals surface area contributed by atoms with Gasteiger partial charge in [-0.15, -0.1) is 5.10 Å². The molecule has 0 saturated heterocycles. The van der Waals surface area contributed by atoms with Crippen molar-refractivity contribution in [2.24, 2.45) is 0 Å². The van der Waals surface area contributed by atoms with Crippen LogP contribution in [-0.4, -0.2) is 26.1 Å². The van der Waals surface area contributed by atoms with Crippen LogP contribution < -0.4 is 0 Å². The van der Waals surface area contributed by atoms with Gasteiger partial charge in [-0.2, -0.15) is 0 Å². The molecule has 0 bridgehead atoms. The van der Waals surface area contributed by atoms with Gasteiger partial charge in [-0.25, -0.2) is 13.9 Å². The molecular formula is C15H10FN3O2. The minimum atomic E-state index is -0.986. The smallest absolute Gasteiger partial charge is 0.335 e. The average molecular weight is 283 g/mol. The number of aromatic nitrogens is 3. The number of carbonyl (C=O) groups is 1. The number of hydrogen-bond donors (Lipinski definition) is 1. The summed E-state index contributed by atoms with van der Waals surface area (Å²) in [4.78, 5) is 10.8. The Labute approximate surface area is 119 Å². The molecule has 0 radical (unpaired) electrons. The zero-order valence-corrected chi connectivity index (χ0v) is 10.8. The Morgan fingerprint density at radius 2 is 1.90 bits per heavy atom. The number of benzene rings is 2. The molecule has 1 heterocycles. The fourth-order valence-corrected chi connectivity index (χ4v) is 1.93. The number of hydrogen-bond acceptors (Lipinski definition) is 3. The second-order valence-electron chi connectivity index (χ2n) is 4.41.